The molecule has 0 unspecified atom stereocenters. The van der Waals surface area contributed by atoms with E-state index < -0.39 is 0 Å². The van der Waals surface area contributed by atoms with Crippen molar-refractivity contribution in [3.63, 3.8) is 0 Å². The summed E-state index contributed by atoms with van der Waals surface area (Å²) < 4.78 is 8.01. The van der Waals surface area contributed by atoms with Gasteiger partial charge in [0, 0.05) is 33.5 Å². The average Bonchev–Trinajstić information content (AvgIpc) is 2.92. The third kappa shape index (κ3) is 3.50. The van der Waals surface area contributed by atoms with Crippen LogP contribution in [0, 0.1) is 0 Å². The highest BCUT2D eigenvalue weighted by atomic mass is 79.9. The lowest BCUT2D eigenvalue weighted by Crippen LogP contribution is -2.18. The Bertz CT molecular complexity index is 657. The maximum Gasteiger partial charge on any atom is 0.127 e. The average molecular weight is 411 g/mol. The summed E-state index contributed by atoms with van der Waals surface area (Å²) in [6, 6.07) is 13.0. The van der Waals surface area contributed by atoms with Gasteiger partial charge in [-0.2, -0.15) is 0 Å². The highest BCUT2D eigenvalue weighted by Gasteiger charge is 2.17. The van der Waals surface area contributed by atoms with Crippen LogP contribution in [-0.2, 0) is 13.0 Å². The topological polar surface area (TPSA) is 21.3 Å². The standard InChI is InChI=1S/C17H17Br2NO/c1-11(12-3-2-4-15(18)7-12)20-10-14-9-16(19)8-13-5-6-21-17(13)14/h2-4,7-9,11,20H,5-6,10H2,1H3/t11-/m1/s1. The molecule has 0 amide bonds. The minimum Gasteiger partial charge on any atom is -0.493 e. The van der Waals surface area contributed by atoms with E-state index in [1.165, 1.54) is 16.7 Å². The molecular formula is C17H17Br2NO. The monoisotopic (exact) mass is 409 g/mol. The van der Waals surface area contributed by atoms with Gasteiger partial charge in [-0.25, -0.2) is 0 Å². The first-order chi connectivity index (χ1) is 10.1. The van der Waals surface area contributed by atoms with Crippen LogP contribution in [0.15, 0.2) is 45.3 Å². The molecule has 3 rings (SSSR count). The van der Waals surface area contributed by atoms with E-state index in [2.05, 4.69) is 74.4 Å². The number of fused-ring (bicyclic) bond motifs is 1. The van der Waals surface area contributed by atoms with Crippen LogP contribution in [0.4, 0.5) is 0 Å². The van der Waals surface area contributed by atoms with Crippen LogP contribution in [0.25, 0.3) is 0 Å². The Morgan fingerprint density at radius 2 is 2.05 bits per heavy atom. The van der Waals surface area contributed by atoms with Crippen molar-refractivity contribution in [3.05, 3.63) is 62.0 Å². The van der Waals surface area contributed by atoms with Gasteiger partial charge in [-0.3, -0.25) is 0 Å². The minimum absolute atomic E-state index is 0.290. The molecule has 2 aromatic rings. The van der Waals surface area contributed by atoms with E-state index in [1.807, 2.05) is 6.07 Å². The Morgan fingerprint density at radius 3 is 2.86 bits per heavy atom. The molecule has 1 N–H and O–H groups in total. The molecule has 0 radical (unpaired) electrons. The number of ether oxygens (including phenoxy) is 1. The molecule has 2 nitrogen and oxygen atoms in total. The predicted molar refractivity (Wildman–Crippen MR) is 92.7 cm³/mol. The van der Waals surface area contributed by atoms with Crippen LogP contribution >= 0.6 is 31.9 Å². The van der Waals surface area contributed by atoms with Gasteiger partial charge in [0.2, 0.25) is 0 Å². The summed E-state index contributed by atoms with van der Waals surface area (Å²) in [7, 11) is 0. The van der Waals surface area contributed by atoms with Crippen molar-refractivity contribution < 1.29 is 4.74 Å². The summed E-state index contributed by atoms with van der Waals surface area (Å²) in [4.78, 5) is 0. The molecule has 0 spiro atoms. The molecule has 4 heteroatoms. The fourth-order valence-electron chi connectivity index (χ4n) is 2.63. The fourth-order valence-corrected chi connectivity index (χ4v) is 3.60. The van der Waals surface area contributed by atoms with Crippen molar-refractivity contribution in [2.75, 3.05) is 6.61 Å². The number of nitrogens with one attached hydrogen (secondary N) is 1. The third-order valence-electron chi connectivity index (χ3n) is 3.77. The molecule has 110 valence electrons. The van der Waals surface area contributed by atoms with Crippen LogP contribution in [0.1, 0.15) is 29.7 Å². The molecule has 0 aromatic heterocycles. The predicted octanol–water partition coefficient (Wildman–Crippen LogP) is 5.00. The van der Waals surface area contributed by atoms with Crippen LogP contribution in [-0.4, -0.2) is 6.61 Å². The zero-order chi connectivity index (χ0) is 14.8. The highest BCUT2D eigenvalue weighted by Crippen LogP contribution is 2.33. The minimum atomic E-state index is 0.290. The van der Waals surface area contributed by atoms with E-state index in [0.29, 0.717) is 6.04 Å². The van der Waals surface area contributed by atoms with Gasteiger partial charge < -0.3 is 10.1 Å². The van der Waals surface area contributed by atoms with Gasteiger partial charge in [-0.1, -0.05) is 44.0 Å². The second kappa shape index (κ2) is 6.51. The highest BCUT2D eigenvalue weighted by molar-refractivity contribution is 9.10. The van der Waals surface area contributed by atoms with Crippen LogP contribution in [0.2, 0.25) is 0 Å². The lowest BCUT2D eigenvalue weighted by molar-refractivity contribution is 0.351. The van der Waals surface area contributed by atoms with E-state index in [-0.39, 0.29) is 0 Å². The number of hydrogen-bond acceptors (Lipinski definition) is 2. The van der Waals surface area contributed by atoms with Gasteiger partial charge in [-0.15, -0.1) is 0 Å². The number of rotatable bonds is 4. The largest absolute Gasteiger partial charge is 0.493 e. The summed E-state index contributed by atoms with van der Waals surface area (Å²) in [5.41, 5.74) is 3.80. The Hall–Kier alpha value is -0.840. The van der Waals surface area contributed by atoms with Crippen molar-refractivity contribution in [2.24, 2.45) is 0 Å². The second-order valence-electron chi connectivity index (χ2n) is 5.31. The Balaban J connectivity index is 1.73. The first kappa shape index (κ1) is 15.1. The molecule has 2 aromatic carbocycles. The molecule has 21 heavy (non-hydrogen) atoms. The molecule has 0 aliphatic carbocycles. The van der Waals surface area contributed by atoms with Crippen LogP contribution in [0.5, 0.6) is 5.75 Å². The zero-order valence-electron chi connectivity index (χ0n) is 11.8. The summed E-state index contributed by atoms with van der Waals surface area (Å²) in [5, 5.41) is 3.58. The van der Waals surface area contributed by atoms with Crippen molar-refractivity contribution in [1.82, 2.24) is 5.32 Å². The SMILES string of the molecule is C[C@@H](NCc1cc(Br)cc2c1OCC2)c1cccc(Br)c1. The van der Waals surface area contributed by atoms with Gasteiger partial charge in [0.05, 0.1) is 6.61 Å². The molecule has 0 fully saturated rings. The molecule has 0 bridgehead atoms. The summed E-state index contributed by atoms with van der Waals surface area (Å²) in [6.07, 6.45) is 1.00. The van der Waals surface area contributed by atoms with E-state index >= 15 is 0 Å². The first-order valence-corrected chi connectivity index (χ1v) is 8.65. The van der Waals surface area contributed by atoms with Crippen molar-refractivity contribution in [1.29, 1.82) is 0 Å². The number of halogens is 2. The Labute approximate surface area is 142 Å². The fraction of sp³-hybridized carbons (Fsp3) is 0.294. The number of benzene rings is 2. The van der Waals surface area contributed by atoms with Crippen LogP contribution < -0.4 is 10.1 Å². The van der Waals surface area contributed by atoms with E-state index in [1.54, 1.807) is 0 Å². The second-order valence-corrected chi connectivity index (χ2v) is 7.14. The Morgan fingerprint density at radius 1 is 1.19 bits per heavy atom. The molecule has 1 aliphatic heterocycles. The van der Waals surface area contributed by atoms with Crippen molar-refractivity contribution >= 4 is 31.9 Å². The Kier molecular flexibility index (Phi) is 4.67. The summed E-state index contributed by atoms with van der Waals surface area (Å²) in [5.74, 6) is 1.06. The normalized spacial score (nSPS) is 14.6. The maximum atomic E-state index is 5.77. The maximum absolute atomic E-state index is 5.77. The molecule has 0 saturated heterocycles. The molecule has 1 aliphatic rings. The lowest BCUT2D eigenvalue weighted by Gasteiger charge is -2.16. The third-order valence-corrected chi connectivity index (χ3v) is 4.72. The van der Waals surface area contributed by atoms with E-state index in [0.717, 1.165) is 34.3 Å². The first-order valence-electron chi connectivity index (χ1n) is 7.06. The van der Waals surface area contributed by atoms with Gasteiger partial charge in [0.25, 0.3) is 0 Å². The lowest BCUT2D eigenvalue weighted by atomic mass is 10.1. The number of hydrogen-bond donors (Lipinski definition) is 1. The zero-order valence-corrected chi connectivity index (χ0v) is 15.0. The van der Waals surface area contributed by atoms with E-state index in [9.17, 15) is 0 Å². The van der Waals surface area contributed by atoms with Gasteiger partial charge in [0.15, 0.2) is 0 Å². The smallest absolute Gasteiger partial charge is 0.127 e. The van der Waals surface area contributed by atoms with Gasteiger partial charge in [-0.05, 0) is 42.3 Å². The van der Waals surface area contributed by atoms with Gasteiger partial charge >= 0.3 is 0 Å². The van der Waals surface area contributed by atoms with Crippen molar-refractivity contribution in [3.8, 4) is 5.75 Å². The van der Waals surface area contributed by atoms with Gasteiger partial charge in [0.1, 0.15) is 5.75 Å². The summed E-state index contributed by atoms with van der Waals surface area (Å²) in [6.45, 7) is 3.77. The molecule has 1 heterocycles. The van der Waals surface area contributed by atoms with E-state index in [4.69, 9.17) is 4.74 Å². The molecular weight excluding hydrogens is 394 g/mol. The quantitative estimate of drug-likeness (QED) is 0.765. The van der Waals surface area contributed by atoms with Crippen molar-refractivity contribution in [2.45, 2.75) is 25.9 Å². The molecule has 0 saturated carbocycles. The van der Waals surface area contributed by atoms with Crippen LogP contribution in [0.3, 0.4) is 0 Å². The molecule has 1 atom stereocenters. The summed E-state index contributed by atoms with van der Waals surface area (Å²) >= 11 is 7.11.